The molecule has 1 saturated heterocycles. The molecule has 8 heteroatoms. The second-order valence-corrected chi connectivity index (χ2v) is 7.52. The molecule has 0 aromatic carbocycles. The van der Waals surface area contributed by atoms with E-state index >= 15 is 0 Å². The van der Waals surface area contributed by atoms with Crippen LogP contribution in [0.25, 0.3) is 0 Å². The highest BCUT2D eigenvalue weighted by atomic mass is 16.5. The SMILES string of the molecule is O=C(N[C@@H]1C[C@@H](C(=O)NCCCn2ccnc2)CC[C@H]1O)C1CCOCC1. The zero-order chi connectivity index (χ0) is 19.1. The number of aliphatic hydroxyl groups excluding tert-OH is 1. The molecule has 27 heavy (non-hydrogen) atoms. The van der Waals surface area contributed by atoms with Gasteiger partial charge in [-0.1, -0.05) is 0 Å². The summed E-state index contributed by atoms with van der Waals surface area (Å²) in [5, 5.41) is 16.2. The highest BCUT2D eigenvalue weighted by Gasteiger charge is 2.35. The smallest absolute Gasteiger partial charge is 0.223 e. The summed E-state index contributed by atoms with van der Waals surface area (Å²) < 4.78 is 7.27. The van der Waals surface area contributed by atoms with Crippen molar-refractivity contribution in [1.82, 2.24) is 20.2 Å². The first-order chi connectivity index (χ1) is 13.1. The third kappa shape index (κ3) is 5.77. The van der Waals surface area contributed by atoms with Crippen molar-refractivity contribution in [2.24, 2.45) is 11.8 Å². The molecular formula is C19H30N4O4. The van der Waals surface area contributed by atoms with Crippen LogP contribution >= 0.6 is 0 Å². The first-order valence-electron chi connectivity index (χ1n) is 9.93. The lowest BCUT2D eigenvalue weighted by Gasteiger charge is -2.34. The number of hydrogen-bond acceptors (Lipinski definition) is 5. The van der Waals surface area contributed by atoms with Gasteiger partial charge in [-0.15, -0.1) is 0 Å². The molecule has 0 bridgehead atoms. The molecule has 2 fully saturated rings. The fourth-order valence-corrected chi connectivity index (χ4v) is 3.84. The third-order valence-corrected chi connectivity index (χ3v) is 5.56. The van der Waals surface area contributed by atoms with Gasteiger partial charge in [0, 0.05) is 50.5 Å². The fourth-order valence-electron chi connectivity index (χ4n) is 3.84. The van der Waals surface area contributed by atoms with Crippen LogP contribution in [0.3, 0.4) is 0 Å². The lowest BCUT2D eigenvalue weighted by molar-refractivity contribution is -0.132. The Labute approximate surface area is 159 Å². The van der Waals surface area contributed by atoms with Crippen LogP contribution in [0.2, 0.25) is 0 Å². The first-order valence-corrected chi connectivity index (χ1v) is 9.93. The molecule has 0 spiro atoms. The van der Waals surface area contributed by atoms with E-state index in [4.69, 9.17) is 4.74 Å². The topological polar surface area (TPSA) is 105 Å². The lowest BCUT2D eigenvalue weighted by atomic mass is 9.82. The number of nitrogens with one attached hydrogen (secondary N) is 2. The molecule has 2 heterocycles. The number of ether oxygens (including phenoxy) is 1. The number of nitrogens with zero attached hydrogens (tertiary/aromatic N) is 2. The quantitative estimate of drug-likeness (QED) is 0.598. The van der Waals surface area contributed by atoms with Crippen LogP contribution in [0.4, 0.5) is 0 Å². The zero-order valence-electron chi connectivity index (χ0n) is 15.7. The number of aryl methyl sites for hydroxylation is 1. The zero-order valence-corrected chi connectivity index (χ0v) is 15.7. The maximum absolute atomic E-state index is 12.5. The Morgan fingerprint density at radius 2 is 1.96 bits per heavy atom. The Balaban J connectivity index is 1.41. The number of amides is 2. The molecule has 3 rings (SSSR count). The van der Waals surface area contributed by atoms with Gasteiger partial charge in [0.15, 0.2) is 0 Å². The maximum atomic E-state index is 12.5. The summed E-state index contributed by atoms with van der Waals surface area (Å²) in [7, 11) is 0. The molecule has 0 unspecified atom stereocenters. The van der Waals surface area contributed by atoms with Crippen molar-refractivity contribution < 1.29 is 19.4 Å². The summed E-state index contributed by atoms with van der Waals surface area (Å²) >= 11 is 0. The van der Waals surface area contributed by atoms with Gasteiger partial charge in [-0.2, -0.15) is 0 Å². The largest absolute Gasteiger partial charge is 0.391 e. The van der Waals surface area contributed by atoms with E-state index in [2.05, 4.69) is 15.6 Å². The van der Waals surface area contributed by atoms with Gasteiger partial charge in [0.1, 0.15) is 0 Å². The van der Waals surface area contributed by atoms with Gasteiger partial charge >= 0.3 is 0 Å². The van der Waals surface area contributed by atoms with Gasteiger partial charge in [0.05, 0.1) is 18.5 Å². The van der Waals surface area contributed by atoms with Crippen molar-refractivity contribution in [2.75, 3.05) is 19.8 Å². The maximum Gasteiger partial charge on any atom is 0.223 e. The summed E-state index contributed by atoms with van der Waals surface area (Å²) in [6.45, 7) is 2.63. The van der Waals surface area contributed by atoms with Gasteiger partial charge in [-0.3, -0.25) is 9.59 Å². The van der Waals surface area contributed by atoms with Gasteiger partial charge < -0.3 is 25.0 Å². The Morgan fingerprint density at radius 1 is 1.15 bits per heavy atom. The van der Waals surface area contributed by atoms with E-state index in [1.165, 1.54) is 0 Å². The van der Waals surface area contributed by atoms with E-state index in [0.29, 0.717) is 39.0 Å². The average Bonchev–Trinajstić information content (AvgIpc) is 3.21. The van der Waals surface area contributed by atoms with Gasteiger partial charge in [0.2, 0.25) is 11.8 Å². The van der Waals surface area contributed by atoms with Crippen LogP contribution in [0.15, 0.2) is 18.7 Å². The van der Waals surface area contributed by atoms with Crippen LogP contribution in [0.5, 0.6) is 0 Å². The number of carbonyl (C=O) groups excluding carboxylic acids is 2. The fraction of sp³-hybridized carbons (Fsp3) is 0.737. The van der Waals surface area contributed by atoms with Crippen LogP contribution in [0.1, 0.15) is 38.5 Å². The predicted molar refractivity (Wildman–Crippen MR) is 98.7 cm³/mol. The number of aliphatic hydroxyl groups is 1. The third-order valence-electron chi connectivity index (χ3n) is 5.56. The molecule has 150 valence electrons. The molecule has 1 aliphatic carbocycles. The number of hydrogen-bond donors (Lipinski definition) is 3. The minimum absolute atomic E-state index is 0.0119. The molecule has 2 amide bonds. The summed E-state index contributed by atoms with van der Waals surface area (Å²) in [6.07, 6.45) is 8.76. The van der Waals surface area contributed by atoms with Gasteiger partial charge in [-0.05, 0) is 38.5 Å². The van der Waals surface area contributed by atoms with Crippen molar-refractivity contribution in [3.05, 3.63) is 18.7 Å². The van der Waals surface area contributed by atoms with E-state index in [1.54, 1.807) is 12.5 Å². The standard InChI is InChI=1S/C19H30N4O4/c24-17-3-2-15(18(25)21-6-1-8-23-9-7-20-13-23)12-16(17)22-19(26)14-4-10-27-11-5-14/h7,9,13-17,24H,1-6,8,10-12H2,(H,21,25)(H,22,26)/t15-,16+,17+/m0/s1. The van der Waals surface area contributed by atoms with E-state index in [9.17, 15) is 14.7 Å². The molecule has 2 aliphatic rings. The minimum Gasteiger partial charge on any atom is -0.391 e. The van der Waals surface area contributed by atoms with Gasteiger partial charge in [0.25, 0.3) is 0 Å². The number of rotatable bonds is 7. The first kappa shape index (κ1) is 19.8. The summed E-state index contributed by atoms with van der Waals surface area (Å²) in [5.41, 5.74) is 0. The molecule has 3 N–H and O–H groups in total. The minimum atomic E-state index is -0.584. The van der Waals surface area contributed by atoms with Crippen molar-refractivity contribution in [1.29, 1.82) is 0 Å². The second-order valence-electron chi connectivity index (χ2n) is 7.52. The number of imidazole rings is 1. The molecule has 3 atom stereocenters. The second kappa shape index (κ2) is 9.85. The Kier molecular flexibility index (Phi) is 7.23. The number of aromatic nitrogens is 2. The van der Waals surface area contributed by atoms with Crippen LogP contribution < -0.4 is 10.6 Å². The molecule has 0 radical (unpaired) electrons. The molecular weight excluding hydrogens is 348 g/mol. The van der Waals surface area contributed by atoms with Crippen molar-refractivity contribution in [3.8, 4) is 0 Å². The highest BCUT2D eigenvalue weighted by molar-refractivity contribution is 5.80. The Hall–Kier alpha value is -1.93. The summed E-state index contributed by atoms with van der Waals surface area (Å²) in [5.74, 6) is -0.230. The van der Waals surface area contributed by atoms with Gasteiger partial charge in [-0.25, -0.2) is 4.98 Å². The monoisotopic (exact) mass is 378 g/mol. The van der Waals surface area contributed by atoms with Crippen LogP contribution in [-0.4, -0.2) is 58.4 Å². The van der Waals surface area contributed by atoms with E-state index in [1.807, 2.05) is 10.8 Å². The van der Waals surface area contributed by atoms with Crippen molar-refractivity contribution >= 4 is 11.8 Å². The van der Waals surface area contributed by atoms with Crippen LogP contribution in [-0.2, 0) is 20.9 Å². The molecule has 1 aliphatic heterocycles. The molecule has 1 aromatic heterocycles. The Morgan fingerprint density at radius 3 is 2.70 bits per heavy atom. The Bertz CT molecular complexity index is 601. The van der Waals surface area contributed by atoms with E-state index < -0.39 is 6.10 Å². The lowest BCUT2D eigenvalue weighted by Crippen LogP contribution is -2.51. The molecule has 1 aromatic rings. The molecule has 1 saturated carbocycles. The average molecular weight is 378 g/mol. The number of carbonyl (C=O) groups is 2. The normalized spacial score (nSPS) is 26.5. The predicted octanol–water partition coefficient (Wildman–Crippen LogP) is 0.462. The summed E-state index contributed by atoms with van der Waals surface area (Å²) in [4.78, 5) is 28.9. The van der Waals surface area contributed by atoms with E-state index in [0.717, 1.165) is 25.8 Å². The van der Waals surface area contributed by atoms with Crippen LogP contribution in [0, 0.1) is 11.8 Å². The van der Waals surface area contributed by atoms with E-state index in [-0.39, 0.29) is 29.7 Å². The molecule has 8 nitrogen and oxygen atoms in total. The van der Waals surface area contributed by atoms with Crippen molar-refractivity contribution in [2.45, 2.75) is 57.2 Å². The summed E-state index contributed by atoms with van der Waals surface area (Å²) in [6, 6.07) is -0.351. The van der Waals surface area contributed by atoms with Crippen molar-refractivity contribution in [3.63, 3.8) is 0 Å². The highest BCUT2D eigenvalue weighted by Crippen LogP contribution is 2.26.